The number of nitrogens with one attached hydrogen (secondary N) is 2. The minimum Gasteiger partial charge on any atom is -0.465 e. The van der Waals surface area contributed by atoms with Gasteiger partial charge in [0.15, 0.2) is 0 Å². The average Bonchev–Trinajstić information content (AvgIpc) is 2.94. The van der Waals surface area contributed by atoms with Crippen molar-refractivity contribution in [2.24, 2.45) is 17.3 Å². The van der Waals surface area contributed by atoms with E-state index in [9.17, 15) is 14.0 Å². The fourth-order valence-corrected chi connectivity index (χ4v) is 4.70. The largest absolute Gasteiger partial charge is 0.465 e. The zero-order chi connectivity index (χ0) is 20.2. The lowest BCUT2D eigenvalue weighted by Crippen LogP contribution is -2.52. The second-order valence-corrected chi connectivity index (χ2v) is 9.04. The van der Waals surface area contributed by atoms with Gasteiger partial charge in [0.2, 0.25) is 0 Å². The van der Waals surface area contributed by atoms with Gasteiger partial charge in [0.25, 0.3) is 0 Å². The quantitative estimate of drug-likeness (QED) is 0.734. The van der Waals surface area contributed by atoms with Crippen LogP contribution < -0.4 is 15.5 Å². The van der Waals surface area contributed by atoms with Crippen LogP contribution in [-0.2, 0) is 4.74 Å². The summed E-state index contributed by atoms with van der Waals surface area (Å²) in [5, 5.41) is 14.9. The van der Waals surface area contributed by atoms with Crippen molar-refractivity contribution >= 4 is 17.9 Å². The number of carbonyl (C=O) groups is 2. The summed E-state index contributed by atoms with van der Waals surface area (Å²) in [6.07, 6.45) is -2.42. The molecule has 4 rings (SSSR count). The Morgan fingerprint density at radius 1 is 1.36 bits per heavy atom. The number of benzene rings is 1. The van der Waals surface area contributed by atoms with Crippen molar-refractivity contribution in [3.8, 4) is 0 Å². The first kappa shape index (κ1) is 19.0. The number of rotatable bonds is 4. The highest BCUT2D eigenvalue weighted by molar-refractivity contribution is 5.90. The first-order chi connectivity index (χ1) is 13.2. The van der Waals surface area contributed by atoms with Crippen LogP contribution in [0.5, 0.6) is 0 Å². The van der Waals surface area contributed by atoms with E-state index in [1.807, 2.05) is 20.8 Å². The van der Waals surface area contributed by atoms with E-state index in [2.05, 4.69) is 10.6 Å². The Balaban J connectivity index is 1.51. The van der Waals surface area contributed by atoms with Gasteiger partial charge in [0.05, 0.1) is 18.3 Å². The molecule has 3 fully saturated rings. The van der Waals surface area contributed by atoms with E-state index in [0.29, 0.717) is 23.1 Å². The topological polar surface area (TPSA) is 90.9 Å². The number of piperidine rings is 1. The van der Waals surface area contributed by atoms with Crippen LogP contribution in [0.15, 0.2) is 18.2 Å². The van der Waals surface area contributed by atoms with Crippen LogP contribution in [0.25, 0.3) is 0 Å². The van der Waals surface area contributed by atoms with Crippen molar-refractivity contribution in [1.82, 2.24) is 10.6 Å². The number of cyclic esters (lactones) is 1. The van der Waals surface area contributed by atoms with Crippen LogP contribution >= 0.6 is 0 Å². The number of hydrogen-bond acceptors (Lipinski definition) is 4. The molecule has 2 saturated heterocycles. The number of carboxylic acid groups (broad SMARTS) is 1. The number of amides is 2. The summed E-state index contributed by atoms with van der Waals surface area (Å²) in [6, 6.07) is 4.32. The molecular formula is C20H26FN3O4. The zero-order valence-corrected chi connectivity index (χ0v) is 16.2. The Bertz CT molecular complexity index is 799. The van der Waals surface area contributed by atoms with E-state index in [-0.39, 0.29) is 18.3 Å². The van der Waals surface area contributed by atoms with Gasteiger partial charge in [-0.2, -0.15) is 0 Å². The molecule has 7 nitrogen and oxygen atoms in total. The van der Waals surface area contributed by atoms with E-state index in [4.69, 9.17) is 9.84 Å². The summed E-state index contributed by atoms with van der Waals surface area (Å²) in [6.45, 7) is 7.65. The third-order valence-corrected chi connectivity index (χ3v) is 6.17. The van der Waals surface area contributed by atoms with Gasteiger partial charge in [-0.05, 0) is 54.0 Å². The number of ether oxygens (including phenoxy) is 1. The standard InChI is InChI=1S/C20H26FN3O4/c1-20(2,3)17(23-18(25)26)15-9-24(19(27)28-15)10-4-5-11(14(21)6-10)16-12-7-22-8-13(12)16/h4-6,12-13,15-17,22-23H,7-9H2,1-3H3,(H,25,26)/t12-,13+,15-,16?,17?/m0/s1. The first-order valence-corrected chi connectivity index (χ1v) is 9.64. The molecule has 0 spiro atoms. The Kier molecular flexibility index (Phi) is 4.49. The molecule has 152 valence electrons. The third kappa shape index (κ3) is 3.30. The van der Waals surface area contributed by atoms with E-state index in [1.54, 1.807) is 12.1 Å². The zero-order valence-electron chi connectivity index (χ0n) is 16.2. The van der Waals surface area contributed by atoms with Crippen molar-refractivity contribution < 1.29 is 23.8 Å². The minimum absolute atomic E-state index is 0.165. The van der Waals surface area contributed by atoms with Crippen molar-refractivity contribution in [3.63, 3.8) is 0 Å². The number of carbonyl (C=O) groups excluding carboxylic acids is 1. The summed E-state index contributed by atoms with van der Waals surface area (Å²) in [5.74, 6) is 0.982. The summed E-state index contributed by atoms with van der Waals surface area (Å²) < 4.78 is 20.2. The number of halogens is 1. The van der Waals surface area contributed by atoms with Crippen LogP contribution in [0.3, 0.4) is 0 Å². The molecule has 2 amide bonds. The molecule has 5 atom stereocenters. The predicted molar refractivity (Wildman–Crippen MR) is 101 cm³/mol. The van der Waals surface area contributed by atoms with Crippen LogP contribution in [-0.4, -0.2) is 49.1 Å². The first-order valence-electron chi connectivity index (χ1n) is 9.64. The molecule has 0 bridgehead atoms. The fraction of sp³-hybridized carbons (Fsp3) is 0.600. The summed E-state index contributed by atoms with van der Waals surface area (Å²) in [7, 11) is 0. The van der Waals surface area contributed by atoms with Gasteiger partial charge >= 0.3 is 12.2 Å². The maximum absolute atomic E-state index is 14.8. The van der Waals surface area contributed by atoms with Crippen LogP contribution in [0.4, 0.5) is 19.7 Å². The Morgan fingerprint density at radius 3 is 2.61 bits per heavy atom. The van der Waals surface area contributed by atoms with Crippen LogP contribution in [0.1, 0.15) is 32.3 Å². The highest BCUT2D eigenvalue weighted by atomic mass is 19.1. The van der Waals surface area contributed by atoms with Crippen molar-refractivity contribution in [2.45, 2.75) is 38.8 Å². The Labute approximate surface area is 163 Å². The van der Waals surface area contributed by atoms with Gasteiger partial charge in [-0.25, -0.2) is 14.0 Å². The fourth-order valence-electron chi connectivity index (χ4n) is 4.70. The van der Waals surface area contributed by atoms with Crippen LogP contribution in [0, 0.1) is 23.1 Å². The Hall–Kier alpha value is -2.35. The highest BCUT2D eigenvalue weighted by Crippen LogP contribution is 2.56. The summed E-state index contributed by atoms with van der Waals surface area (Å²) >= 11 is 0. The van der Waals surface area contributed by atoms with E-state index in [1.165, 1.54) is 11.0 Å². The van der Waals surface area contributed by atoms with E-state index >= 15 is 0 Å². The lowest BCUT2D eigenvalue weighted by Gasteiger charge is -2.33. The van der Waals surface area contributed by atoms with Gasteiger partial charge in [-0.15, -0.1) is 0 Å². The average molecular weight is 391 g/mol. The molecule has 3 N–H and O–H groups in total. The van der Waals surface area contributed by atoms with Gasteiger partial charge in [-0.3, -0.25) is 4.90 Å². The van der Waals surface area contributed by atoms with Gasteiger partial charge in [0, 0.05) is 0 Å². The SMILES string of the molecule is CC(C)(C)C(NC(=O)O)[C@@H]1CN(c2ccc(C3[C@H]4CNC[C@@H]34)c(F)c2)C(=O)O1. The molecule has 2 aliphatic heterocycles. The van der Waals surface area contributed by atoms with Gasteiger partial charge in [0.1, 0.15) is 11.9 Å². The lowest BCUT2D eigenvalue weighted by atomic mass is 9.83. The Morgan fingerprint density at radius 2 is 2.04 bits per heavy atom. The number of hydrogen-bond donors (Lipinski definition) is 3. The van der Waals surface area contributed by atoms with E-state index < -0.39 is 29.7 Å². The second kappa shape index (κ2) is 6.62. The molecule has 28 heavy (non-hydrogen) atoms. The maximum Gasteiger partial charge on any atom is 0.414 e. The second-order valence-electron chi connectivity index (χ2n) is 9.04. The molecule has 2 heterocycles. The molecule has 1 aromatic carbocycles. The third-order valence-electron chi connectivity index (χ3n) is 6.17. The van der Waals surface area contributed by atoms with Crippen molar-refractivity contribution in [1.29, 1.82) is 0 Å². The molecular weight excluding hydrogens is 365 g/mol. The smallest absolute Gasteiger partial charge is 0.414 e. The molecule has 1 aliphatic carbocycles. The molecule has 8 heteroatoms. The van der Waals surface area contributed by atoms with Gasteiger partial charge in [-0.1, -0.05) is 26.8 Å². The monoisotopic (exact) mass is 391 g/mol. The normalized spacial score (nSPS) is 30.0. The predicted octanol–water partition coefficient (Wildman–Crippen LogP) is 2.77. The minimum atomic E-state index is -1.17. The van der Waals surface area contributed by atoms with Crippen molar-refractivity contribution in [2.75, 3.05) is 24.5 Å². The molecule has 1 aromatic rings. The summed E-state index contributed by atoms with van der Waals surface area (Å²) in [5.41, 5.74) is 0.692. The van der Waals surface area contributed by atoms with Crippen molar-refractivity contribution in [3.05, 3.63) is 29.6 Å². The number of nitrogens with zero attached hydrogens (tertiary/aromatic N) is 1. The highest BCUT2D eigenvalue weighted by Gasteiger charge is 2.54. The number of anilines is 1. The maximum atomic E-state index is 14.8. The number of fused-ring (bicyclic) bond motifs is 1. The lowest BCUT2D eigenvalue weighted by molar-refractivity contribution is 0.0754. The van der Waals surface area contributed by atoms with Gasteiger partial charge < -0.3 is 20.5 Å². The molecule has 3 aliphatic rings. The summed E-state index contributed by atoms with van der Waals surface area (Å²) in [4.78, 5) is 24.9. The molecule has 0 aromatic heterocycles. The molecule has 0 radical (unpaired) electrons. The van der Waals surface area contributed by atoms with Crippen LogP contribution in [0.2, 0.25) is 0 Å². The molecule has 2 unspecified atom stereocenters. The van der Waals surface area contributed by atoms with E-state index in [0.717, 1.165) is 13.1 Å². The molecule has 1 saturated carbocycles.